The molecular formula is C13H14N2O4S2. The first kappa shape index (κ1) is 15.5. The number of aromatic hydroxyl groups is 1. The molecule has 21 heavy (non-hydrogen) atoms. The minimum atomic E-state index is -3.70. The number of carbonyl (C=O) groups is 1. The van der Waals surface area contributed by atoms with E-state index in [0.717, 1.165) is 11.3 Å². The Labute approximate surface area is 126 Å². The number of nitrogens with one attached hydrogen (secondary N) is 1. The van der Waals surface area contributed by atoms with Gasteiger partial charge in [-0.2, -0.15) is 0 Å². The predicted molar refractivity (Wildman–Crippen MR) is 79.3 cm³/mol. The molecule has 1 amide bonds. The van der Waals surface area contributed by atoms with Crippen LogP contribution in [0.1, 0.15) is 10.4 Å². The van der Waals surface area contributed by atoms with Gasteiger partial charge in [0.2, 0.25) is 15.9 Å². The number of amides is 1. The second-order valence-corrected chi connectivity index (χ2v) is 7.35. The fourth-order valence-corrected chi connectivity index (χ4v) is 3.42. The molecule has 6 nitrogen and oxygen atoms in total. The highest BCUT2D eigenvalue weighted by molar-refractivity contribution is 7.91. The second-order valence-electron chi connectivity index (χ2n) is 4.39. The van der Waals surface area contributed by atoms with Crippen LogP contribution in [0.25, 0.3) is 0 Å². The van der Waals surface area contributed by atoms with Crippen molar-refractivity contribution in [1.29, 1.82) is 0 Å². The van der Waals surface area contributed by atoms with Crippen LogP contribution in [0.15, 0.2) is 40.6 Å². The highest BCUT2D eigenvalue weighted by Gasteiger charge is 2.11. The highest BCUT2D eigenvalue weighted by atomic mass is 32.2. The van der Waals surface area contributed by atoms with Crippen LogP contribution in [-0.2, 0) is 27.8 Å². The van der Waals surface area contributed by atoms with E-state index in [0.29, 0.717) is 10.4 Å². The zero-order chi connectivity index (χ0) is 15.5. The van der Waals surface area contributed by atoms with Crippen molar-refractivity contribution < 1.29 is 18.3 Å². The third-order valence-electron chi connectivity index (χ3n) is 2.65. The number of carbonyl (C=O) groups excluding carboxylic acids is 1. The summed E-state index contributed by atoms with van der Waals surface area (Å²) in [6.45, 7) is 0.234. The third-order valence-corrected chi connectivity index (χ3v) is 5.18. The molecule has 0 aliphatic carbocycles. The lowest BCUT2D eigenvalue weighted by Gasteiger charge is -2.04. The molecule has 1 aromatic heterocycles. The number of hydrogen-bond donors (Lipinski definition) is 3. The van der Waals surface area contributed by atoms with Gasteiger partial charge in [-0.05, 0) is 29.8 Å². The van der Waals surface area contributed by atoms with Crippen LogP contribution in [-0.4, -0.2) is 19.4 Å². The number of phenols is 1. The molecule has 0 saturated carbocycles. The lowest BCUT2D eigenvalue weighted by molar-refractivity contribution is -0.120. The van der Waals surface area contributed by atoms with Gasteiger partial charge >= 0.3 is 0 Å². The monoisotopic (exact) mass is 326 g/mol. The Bertz CT molecular complexity index is 753. The first-order valence-electron chi connectivity index (χ1n) is 6.01. The molecule has 0 aliphatic rings. The molecule has 0 bridgehead atoms. The van der Waals surface area contributed by atoms with Crippen molar-refractivity contribution in [2.24, 2.45) is 5.14 Å². The lowest BCUT2D eigenvalue weighted by Crippen LogP contribution is -2.24. The van der Waals surface area contributed by atoms with E-state index in [-0.39, 0.29) is 28.8 Å². The molecule has 0 fully saturated rings. The lowest BCUT2D eigenvalue weighted by atomic mass is 10.1. The van der Waals surface area contributed by atoms with Gasteiger partial charge in [0.05, 0.1) is 13.0 Å². The van der Waals surface area contributed by atoms with Gasteiger partial charge in [-0.3, -0.25) is 4.79 Å². The molecular weight excluding hydrogens is 312 g/mol. The molecule has 112 valence electrons. The van der Waals surface area contributed by atoms with Gasteiger partial charge in [-0.1, -0.05) is 12.1 Å². The summed E-state index contributed by atoms with van der Waals surface area (Å²) in [6.07, 6.45) is 0.141. The fourth-order valence-electron chi connectivity index (χ4n) is 1.71. The quantitative estimate of drug-likeness (QED) is 0.760. The van der Waals surface area contributed by atoms with Crippen LogP contribution < -0.4 is 10.5 Å². The summed E-state index contributed by atoms with van der Waals surface area (Å²) in [5.74, 6) is -0.109. The number of rotatable bonds is 5. The number of phenolic OH excluding ortho intramolecular Hbond substituents is 1. The SMILES string of the molecule is NS(=O)(=O)c1ccc(CNC(=O)Cc2cccc(O)c2)s1. The van der Waals surface area contributed by atoms with Gasteiger partial charge < -0.3 is 10.4 Å². The third kappa shape index (κ3) is 4.55. The average Bonchev–Trinajstić information content (AvgIpc) is 2.85. The van der Waals surface area contributed by atoms with Crippen LogP contribution in [0.5, 0.6) is 5.75 Å². The van der Waals surface area contributed by atoms with Gasteiger partial charge in [-0.15, -0.1) is 11.3 Å². The summed E-state index contributed by atoms with van der Waals surface area (Å²) in [5, 5.41) is 17.0. The predicted octanol–water partition coefficient (Wildman–Crippen LogP) is 0.960. The first-order chi connectivity index (χ1) is 9.84. The van der Waals surface area contributed by atoms with Gasteiger partial charge in [0.1, 0.15) is 9.96 Å². The maximum Gasteiger partial charge on any atom is 0.247 e. The van der Waals surface area contributed by atoms with E-state index in [9.17, 15) is 18.3 Å². The van der Waals surface area contributed by atoms with Crippen molar-refractivity contribution in [3.05, 3.63) is 46.8 Å². The van der Waals surface area contributed by atoms with E-state index < -0.39 is 10.0 Å². The molecule has 0 unspecified atom stereocenters. The van der Waals surface area contributed by atoms with Crippen molar-refractivity contribution in [3.8, 4) is 5.75 Å². The Hall–Kier alpha value is -1.90. The topological polar surface area (TPSA) is 109 Å². The second kappa shape index (κ2) is 6.25. The van der Waals surface area contributed by atoms with E-state index in [1.54, 1.807) is 18.2 Å². The van der Waals surface area contributed by atoms with Crippen LogP contribution in [0, 0.1) is 0 Å². The minimum absolute atomic E-state index is 0.0692. The van der Waals surface area contributed by atoms with Crippen molar-refractivity contribution in [1.82, 2.24) is 5.32 Å². The molecule has 1 aromatic carbocycles. The Morgan fingerprint density at radius 1 is 1.29 bits per heavy atom. The molecule has 0 spiro atoms. The maximum atomic E-state index is 11.8. The fraction of sp³-hybridized carbons (Fsp3) is 0.154. The summed E-state index contributed by atoms with van der Waals surface area (Å²) in [4.78, 5) is 12.5. The van der Waals surface area contributed by atoms with Gasteiger partial charge in [0.25, 0.3) is 0 Å². The van der Waals surface area contributed by atoms with Crippen molar-refractivity contribution in [2.45, 2.75) is 17.2 Å². The zero-order valence-corrected chi connectivity index (χ0v) is 12.6. The van der Waals surface area contributed by atoms with Gasteiger partial charge in [0.15, 0.2) is 0 Å². The van der Waals surface area contributed by atoms with E-state index in [2.05, 4.69) is 5.32 Å². The van der Waals surface area contributed by atoms with Crippen molar-refractivity contribution in [3.63, 3.8) is 0 Å². The molecule has 2 rings (SSSR count). The van der Waals surface area contributed by atoms with Gasteiger partial charge in [-0.25, -0.2) is 13.6 Å². The number of sulfonamides is 1. The summed E-state index contributed by atoms with van der Waals surface area (Å²) in [6, 6.07) is 9.47. The van der Waals surface area contributed by atoms with Crippen molar-refractivity contribution >= 4 is 27.3 Å². The summed E-state index contributed by atoms with van der Waals surface area (Å²) in [5.41, 5.74) is 0.698. The standard InChI is InChI=1S/C13H14N2O4S2/c14-21(18,19)13-5-4-11(20-13)8-15-12(17)7-9-2-1-3-10(16)6-9/h1-6,16H,7-8H2,(H,15,17)(H2,14,18,19). The highest BCUT2D eigenvalue weighted by Crippen LogP contribution is 2.20. The van der Waals surface area contributed by atoms with Gasteiger partial charge in [0, 0.05) is 4.88 Å². The van der Waals surface area contributed by atoms with Crippen LogP contribution in [0.4, 0.5) is 0 Å². The molecule has 0 radical (unpaired) electrons. The number of benzene rings is 1. The molecule has 8 heteroatoms. The Kier molecular flexibility index (Phi) is 4.61. The molecule has 4 N–H and O–H groups in total. The first-order valence-corrected chi connectivity index (χ1v) is 8.37. The Morgan fingerprint density at radius 2 is 2.05 bits per heavy atom. The summed E-state index contributed by atoms with van der Waals surface area (Å²) < 4.78 is 22.3. The number of hydrogen-bond acceptors (Lipinski definition) is 5. The smallest absolute Gasteiger partial charge is 0.247 e. The molecule has 0 aliphatic heterocycles. The Balaban J connectivity index is 1.91. The van der Waals surface area contributed by atoms with E-state index >= 15 is 0 Å². The van der Waals surface area contributed by atoms with Crippen molar-refractivity contribution in [2.75, 3.05) is 0 Å². The molecule has 0 atom stereocenters. The van der Waals surface area contributed by atoms with Crippen LogP contribution in [0.2, 0.25) is 0 Å². The van der Waals surface area contributed by atoms with Crippen LogP contribution in [0.3, 0.4) is 0 Å². The molecule has 0 saturated heterocycles. The van der Waals surface area contributed by atoms with E-state index in [1.165, 1.54) is 18.2 Å². The van der Waals surface area contributed by atoms with Crippen LogP contribution >= 0.6 is 11.3 Å². The number of nitrogens with two attached hydrogens (primary N) is 1. The number of primary sulfonamides is 1. The summed E-state index contributed by atoms with van der Waals surface area (Å²) >= 11 is 1.02. The zero-order valence-electron chi connectivity index (χ0n) is 10.9. The maximum absolute atomic E-state index is 11.8. The molecule has 2 aromatic rings. The number of thiophene rings is 1. The normalized spacial score (nSPS) is 11.3. The van der Waals surface area contributed by atoms with E-state index in [1.807, 2.05) is 0 Å². The summed E-state index contributed by atoms with van der Waals surface area (Å²) in [7, 11) is -3.70. The largest absolute Gasteiger partial charge is 0.508 e. The van der Waals surface area contributed by atoms with E-state index in [4.69, 9.17) is 5.14 Å². The molecule has 1 heterocycles. The Morgan fingerprint density at radius 3 is 2.67 bits per heavy atom. The minimum Gasteiger partial charge on any atom is -0.508 e. The average molecular weight is 326 g/mol.